The Hall–Kier alpha value is -3.40. The fraction of sp³-hybridized carbons (Fsp3) is 0.263. The zero-order valence-corrected chi connectivity index (χ0v) is 14.3. The maximum atomic E-state index is 12.8. The quantitative estimate of drug-likeness (QED) is 0.786. The number of H-pyrrole nitrogens is 1. The van der Waals surface area contributed by atoms with Crippen LogP contribution in [-0.2, 0) is 11.2 Å². The van der Waals surface area contributed by atoms with Crippen molar-refractivity contribution in [2.45, 2.75) is 26.2 Å². The summed E-state index contributed by atoms with van der Waals surface area (Å²) >= 11 is 0. The maximum Gasteiger partial charge on any atom is 0.276 e. The van der Waals surface area contributed by atoms with Crippen molar-refractivity contribution in [1.29, 1.82) is 5.26 Å². The first-order valence-corrected chi connectivity index (χ1v) is 8.58. The van der Waals surface area contributed by atoms with Crippen LogP contribution in [0.1, 0.15) is 30.9 Å². The summed E-state index contributed by atoms with van der Waals surface area (Å²) in [5.41, 5.74) is 3.12. The van der Waals surface area contributed by atoms with E-state index in [2.05, 4.69) is 10.1 Å². The van der Waals surface area contributed by atoms with Crippen molar-refractivity contribution >= 4 is 17.2 Å². The van der Waals surface area contributed by atoms with Gasteiger partial charge in [-0.1, -0.05) is 19.1 Å². The molecule has 1 N–H and O–H groups in total. The average Bonchev–Trinajstić information content (AvgIpc) is 3.27. The zero-order valence-electron chi connectivity index (χ0n) is 14.3. The van der Waals surface area contributed by atoms with E-state index >= 15 is 0 Å². The number of rotatable bonds is 3. The van der Waals surface area contributed by atoms with Gasteiger partial charge in [-0.05, 0) is 25.0 Å². The molecule has 1 aromatic carbocycles. The Morgan fingerprint density at radius 1 is 1.35 bits per heavy atom. The highest BCUT2D eigenvalue weighted by Gasteiger charge is 2.23. The lowest BCUT2D eigenvalue weighted by molar-refractivity contribution is -0.117. The van der Waals surface area contributed by atoms with Gasteiger partial charge in [0.05, 0.1) is 5.69 Å². The molecule has 4 rings (SSSR count). The normalized spacial score (nSPS) is 14.2. The van der Waals surface area contributed by atoms with E-state index in [4.69, 9.17) is 0 Å². The predicted molar refractivity (Wildman–Crippen MR) is 96.9 cm³/mol. The minimum atomic E-state index is -0.211. The number of amides is 1. The van der Waals surface area contributed by atoms with Gasteiger partial charge in [0.1, 0.15) is 11.6 Å². The van der Waals surface area contributed by atoms with Gasteiger partial charge in [-0.25, -0.2) is 9.50 Å². The lowest BCUT2D eigenvalue weighted by Gasteiger charge is -2.17. The predicted octanol–water partition coefficient (Wildman–Crippen LogP) is 2.25. The number of anilines is 1. The van der Waals surface area contributed by atoms with Crippen LogP contribution >= 0.6 is 0 Å². The third-order valence-corrected chi connectivity index (χ3v) is 4.73. The number of fused-ring (bicyclic) bond motifs is 1. The molecule has 130 valence electrons. The van der Waals surface area contributed by atoms with E-state index in [-0.39, 0.29) is 11.5 Å². The summed E-state index contributed by atoms with van der Waals surface area (Å²) in [5, 5.41) is 12.0. The number of hydrogen-bond acceptors (Lipinski definition) is 4. The van der Waals surface area contributed by atoms with Crippen molar-refractivity contribution in [3.05, 3.63) is 51.9 Å². The van der Waals surface area contributed by atoms with Crippen molar-refractivity contribution in [2.24, 2.45) is 0 Å². The van der Waals surface area contributed by atoms with Gasteiger partial charge in [-0.2, -0.15) is 5.26 Å². The van der Waals surface area contributed by atoms with E-state index in [1.54, 1.807) is 4.90 Å². The number of nitrogens with one attached hydrogen (secondary N) is 1. The van der Waals surface area contributed by atoms with Crippen LogP contribution in [0, 0.1) is 11.3 Å². The van der Waals surface area contributed by atoms with Gasteiger partial charge in [0.25, 0.3) is 5.56 Å². The smallest absolute Gasteiger partial charge is 0.276 e. The molecule has 3 aromatic rings. The summed E-state index contributed by atoms with van der Waals surface area (Å²) in [6.07, 6.45) is 3.40. The summed E-state index contributed by atoms with van der Waals surface area (Å²) < 4.78 is 1.30. The monoisotopic (exact) mass is 347 g/mol. The molecule has 1 saturated heterocycles. The second-order valence-corrected chi connectivity index (χ2v) is 6.25. The third-order valence-electron chi connectivity index (χ3n) is 4.73. The highest BCUT2D eigenvalue weighted by Crippen LogP contribution is 2.28. The van der Waals surface area contributed by atoms with Crippen molar-refractivity contribution < 1.29 is 4.79 Å². The Morgan fingerprint density at radius 3 is 2.88 bits per heavy atom. The number of benzene rings is 1. The lowest BCUT2D eigenvalue weighted by atomic mass is 10.0. The summed E-state index contributed by atoms with van der Waals surface area (Å²) in [5.74, 6) is 0.110. The standard InChI is InChI=1S/C19H17N5O2/c1-2-15-17(22-18-13(10-20)11-21-24(18)19(15)26)12-5-3-6-14(9-12)23-8-4-7-16(23)25/h3,5-6,9,11,21H,2,4,7-8H2,1H3. The molecule has 7 nitrogen and oxygen atoms in total. The highest BCUT2D eigenvalue weighted by atomic mass is 16.2. The van der Waals surface area contributed by atoms with Gasteiger partial charge < -0.3 is 4.90 Å². The molecule has 0 unspecified atom stereocenters. The van der Waals surface area contributed by atoms with Crippen molar-refractivity contribution in [1.82, 2.24) is 14.6 Å². The van der Waals surface area contributed by atoms with E-state index in [1.165, 1.54) is 10.7 Å². The van der Waals surface area contributed by atoms with Crippen LogP contribution in [0.4, 0.5) is 5.69 Å². The Kier molecular flexibility index (Phi) is 3.81. The van der Waals surface area contributed by atoms with Crippen LogP contribution in [0.3, 0.4) is 0 Å². The molecule has 2 aromatic heterocycles. The first-order chi connectivity index (χ1) is 12.6. The van der Waals surface area contributed by atoms with Gasteiger partial charge in [-0.3, -0.25) is 14.7 Å². The Balaban J connectivity index is 1.93. The summed E-state index contributed by atoms with van der Waals surface area (Å²) in [7, 11) is 0. The van der Waals surface area contributed by atoms with E-state index < -0.39 is 0 Å². The minimum Gasteiger partial charge on any atom is -0.312 e. The molecule has 0 atom stereocenters. The molecule has 7 heteroatoms. The number of carbonyl (C=O) groups excluding carboxylic acids is 1. The highest BCUT2D eigenvalue weighted by molar-refractivity contribution is 5.96. The van der Waals surface area contributed by atoms with Crippen LogP contribution in [-0.4, -0.2) is 27.0 Å². The molecular weight excluding hydrogens is 330 g/mol. The number of nitrogens with zero attached hydrogens (tertiary/aromatic N) is 4. The molecule has 0 bridgehead atoms. The summed E-state index contributed by atoms with van der Waals surface area (Å²) in [6.45, 7) is 2.60. The number of nitriles is 1. The van der Waals surface area contributed by atoms with Crippen LogP contribution in [0.2, 0.25) is 0 Å². The minimum absolute atomic E-state index is 0.110. The summed E-state index contributed by atoms with van der Waals surface area (Å²) in [6, 6.07) is 9.56. The molecule has 0 radical (unpaired) electrons. The van der Waals surface area contributed by atoms with Crippen LogP contribution < -0.4 is 10.5 Å². The average molecular weight is 347 g/mol. The molecule has 1 amide bonds. The fourth-order valence-corrected chi connectivity index (χ4v) is 3.43. The van der Waals surface area contributed by atoms with E-state index in [0.717, 1.165) is 17.7 Å². The molecule has 1 fully saturated rings. The molecule has 0 aliphatic carbocycles. The first kappa shape index (κ1) is 16.1. The SMILES string of the molecule is CCc1c(-c2cccc(N3CCCC3=O)c2)nc2c(C#N)c[nH]n2c1=O. The largest absolute Gasteiger partial charge is 0.312 e. The lowest BCUT2D eigenvalue weighted by Crippen LogP contribution is -2.24. The summed E-state index contributed by atoms with van der Waals surface area (Å²) in [4.78, 5) is 31.2. The second kappa shape index (κ2) is 6.15. The van der Waals surface area contributed by atoms with Gasteiger partial charge in [0.2, 0.25) is 5.91 Å². The number of carbonyl (C=O) groups is 1. The molecule has 26 heavy (non-hydrogen) atoms. The number of aromatic nitrogens is 3. The molecule has 0 saturated carbocycles. The van der Waals surface area contributed by atoms with Crippen LogP contribution in [0.15, 0.2) is 35.3 Å². The molecule has 1 aliphatic heterocycles. The van der Waals surface area contributed by atoms with Crippen LogP contribution in [0.25, 0.3) is 16.9 Å². The number of hydrogen-bond donors (Lipinski definition) is 1. The van der Waals surface area contributed by atoms with Gasteiger partial charge >= 0.3 is 0 Å². The Labute approximate surface area is 149 Å². The van der Waals surface area contributed by atoms with Gasteiger partial charge in [-0.15, -0.1) is 0 Å². The number of aromatic amines is 1. The zero-order chi connectivity index (χ0) is 18.3. The molecule has 0 spiro atoms. The van der Waals surface area contributed by atoms with Gasteiger partial charge in [0, 0.05) is 36.0 Å². The van der Waals surface area contributed by atoms with E-state index in [9.17, 15) is 14.9 Å². The van der Waals surface area contributed by atoms with E-state index in [0.29, 0.717) is 41.9 Å². The Bertz CT molecular complexity index is 1120. The topological polar surface area (TPSA) is 94.3 Å². The fourth-order valence-electron chi connectivity index (χ4n) is 3.43. The third kappa shape index (κ3) is 2.39. The van der Waals surface area contributed by atoms with Crippen molar-refractivity contribution in [3.8, 4) is 17.3 Å². The van der Waals surface area contributed by atoms with Crippen molar-refractivity contribution in [2.75, 3.05) is 11.4 Å². The van der Waals surface area contributed by atoms with Gasteiger partial charge in [0.15, 0.2) is 5.65 Å². The maximum absolute atomic E-state index is 12.8. The van der Waals surface area contributed by atoms with Crippen molar-refractivity contribution in [3.63, 3.8) is 0 Å². The first-order valence-electron chi connectivity index (χ1n) is 8.58. The van der Waals surface area contributed by atoms with E-state index in [1.807, 2.05) is 37.3 Å². The van der Waals surface area contributed by atoms with Crippen LogP contribution in [0.5, 0.6) is 0 Å². The Morgan fingerprint density at radius 2 is 2.19 bits per heavy atom. The molecule has 1 aliphatic rings. The molecule has 3 heterocycles. The molecular formula is C19H17N5O2. The second-order valence-electron chi connectivity index (χ2n) is 6.25.